The summed E-state index contributed by atoms with van der Waals surface area (Å²) in [5.74, 6) is 1.59. The van der Waals surface area contributed by atoms with E-state index in [0.717, 1.165) is 38.0 Å². The molecule has 4 heterocycles. The number of carbonyl (C=O) groups is 1. The Bertz CT molecular complexity index is 686. The number of pyridine rings is 1. The van der Waals surface area contributed by atoms with Gasteiger partial charge in [0, 0.05) is 43.2 Å². The van der Waals surface area contributed by atoms with Crippen molar-refractivity contribution in [2.45, 2.75) is 75.3 Å². The minimum Gasteiger partial charge on any atom is -0.354 e. The molecule has 152 valence electrons. The third-order valence-electron chi connectivity index (χ3n) is 6.90. The molecule has 0 aromatic carbocycles. The van der Waals surface area contributed by atoms with Gasteiger partial charge in [-0.25, -0.2) is 15.8 Å². The lowest BCUT2D eigenvalue weighted by Crippen LogP contribution is -2.54. The van der Waals surface area contributed by atoms with Crippen LogP contribution in [0.1, 0.15) is 44.9 Å². The largest absolute Gasteiger partial charge is 0.354 e. The highest BCUT2D eigenvalue weighted by atomic mass is 16.2. The van der Waals surface area contributed by atoms with Gasteiger partial charge in [0.15, 0.2) is 0 Å². The predicted octanol–water partition coefficient (Wildman–Crippen LogP) is 0.712. The van der Waals surface area contributed by atoms with Crippen LogP contribution in [0.25, 0.3) is 0 Å². The second-order valence-corrected chi connectivity index (χ2v) is 8.61. The molecule has 0 radical (unpaired) electrons. The number of nitrogens with one attached hydrogen (secondary N) is 5. The summed E-state index contributed by atoms with van der Waals surface area (Å²) in [6.45, 7) is 0.871. The van der Waals surface area contributed by atoms with E-state index in [-0.39, 0.29) is 30.2 Å². The highest BCUT2D eigenvalue weighted by Gasteiger charge is 2.46. The maximum absolute atomic E-state index is 13.4. The average molecular weight is 386 g/mol. The summed E-state index contributed by atoms with van der Waals surface area (Å²) in [7, 11) is 0. The van der Waals surface area contributed by atoms with Gasteiger partial charge in [-0.2, -0.15) is 0 Å². The van der Waals surface area contributed by atoms with Crippen LogP contribution in [-0.4, -0.2) is 52.7 Å². The van der Waals surface area contributed by atoms with Gasteiger partial charge in [0.05, 0.1) is 6.17 Å². The number of hydrogen-bond donors (Lipinski definition) is 5. The molecule has 6 unspecified atom stereocenters. The maximum Gasteiger partial charge on any atom is 0.241 e. The van der Waals surface area contributed by atoms with E-state index in [1.807, 2.05) is 18.2 Å². The number of rotatable bonds is 4. The van der Waals surface area contributed by atoms with Gasteiger partial charge in [0.1, 0.15) is 11.9 Å². The SMILES string of the molecule is O=C(C1NNC2CCCCC21)N1CCCC1C1CC(Nc2ccccn2)NN1. The molecule has 0 spiro atoms. The standard InChI is InChI=1S/C20H31N7O/c28-20(19-13-6-1-2-7-14(13)23-26-19)27-11-5-8-16(27)15-12-18(25-24-15)22-17-9-3-4-10-21-17/h3-4,9-10,13-16,18-19,23-26H,1-2,5-8,11-12H2,(H,21,22). The number of likely N-dealkylation sites (tertiary alicyclic amines) is 1. The lowest BCUT2D eigenvalue weighted by molar-refractivity contribution is -0.135. The van der Waals surface area contributed by atoms with E-state index >= 15 is 0 Å². The van der Waals surface area contributed by atoms with Crippen molar-refractivity contribution in [1.29, 1.82) is 0 Å². The summed E-state index contributed by atoms with van der Waals surface area (Å²) in [5.41, 5.74) is 13.5. The zero-order valence-electron chi connectivity index (χ0n) is 16.2. The first-order valence-corrected chi connectivity index (χ1v) is 10.8. The number of amides is 1. The number of carbonyl (C=O) groups excluding carboxylic acids is 1. The molecule has 0 bridgehead atoms. The second kappa shape index (κ2) is 7.94. The van der Waals surface area contributed by atoms with E-state index in [1.165, 1.54) is 19.3 Å². The van der Waals surface area contributed by atoms with Crippen LogP contribution in [0, 0.1) is 5.92 Å². The summed E-state index contributed by atoms with van der Waals surface area (Å²) >= 11 is 0. The highest BCUT2D eigenvalue weighted by Crippen LogP contribution is 2.33. The normalized spacial score (nSPS) is 37.8. The topological polar surface area (TPSA) is 93.4 Å². The molecule has 3 saturated heterocycles. The van der Waals surface area contributed by atoms with Gasteiger partial charge >= 0.3 is 0 Å². The third-order valence-corrected chi connectivity index (χ3v) is 6.90. The average Bonchev–Trinajstić information content (AvgIpc) is 3.47. The molecule has 5 rings (SSSR count). The zero-order chi connectivity index (χ0) is 18.9. The Labute approximate surface area is 166 Å². The first kappa shape index (κ1) is 18.3. The fourth-order valence-corrected chi connectivity index (χ4v) is 5.50. The van der Waals surface area contributed by atoms with Gasteiger partial charge in [-0.1, -0.05) is 18.9 Å². The summed E-state index contributed by atoms with van der Waals surface area (Å²) in [6, 6.07) is 6.76. The Morgan fingerprint density at radius 2 is 1.93 bits per heavy atom. The molecule has 4 fully saturated rings. The van der Waals surface area contributed by atoms with Gasteiger partial charge in [0.25, 0.3) is 0 Å². The van der Waals surface area contributed by atoms with E-state index in [9.17, 15) is 4.79 Å². The fraction of sp³-hybridized carbons (Fsp3) is 0.700. The first-order chi connectivity index (χ1) is 13.8. The van der Waals surface area contributed by atoms with E-state index in [2.05, 4.69) is 36.9 Å². The first-order valence-electron chi connectivity index (χ1n) is 10.8. The smallest absolute Gasteiger partial charge is 0.241 e. The van der Waals surface area contributed by atoms with Gasteiger partial charge < -0.3 is 10.2 Å². The zero-order valence-corrected chi connectivity index (χ0v) is 16.2. The van der Waals surface area contributed by atoms with Gasteiger partial charge in [0.2, 0.25) is 5.91 Å². The number of anilines is 1. The lowest BCUT2D eigenvalue weighted by Gasteiger charge is -2.33. The molecule has 8 heteroatoms. The number of hydrazine groups is 2. The van der Waals surface area contributed by atoms with Crippen LogP contribution in [-0.2, 0) is 4.79 Å². The second-order valence-electron chi connectivity index (χ2n) is 8.61. The molecular weight excluding hydrogens is 354 g/mol. The van der Waals surface area contributed by atoms with Crippen molar-refractivity contribution in [3.8, 4) is 0 Å². The van der Waals surface area contributed by atoms with Crippen molar-refractivity contribution in [3.63, 3.8) is 0 Å². The summed E-state index contributed by atoms with van der Waals surface area (Å²) < 4.78 is 0. The van der Waals surface area contributed by atoms with Crippen molar-refractivity contribution in [3.05, 3.63) is 24.4 Å². The van der Waals surface area contributed by atoms with E-state index in [0.29, 0.717) is 12.0 Å². The van der Waals surface area contributed by atoms with Crippen molar-refractivity contribution in [2.24, 2.45) is 5.92 Å². The molecule has 3 aliphatic heterocycles. The monoisotopic (exact) mass is 385 g/mol. The lowest BCUT2D eigenvalue weighted by atomic mass is 9.81. The quantitative estimate of drug-likeness (QED) is 0.521. The minimum atomic E-state index is -0.0669. The summed E-state index contributed by atoms with van der Waals surface area (Å²) in [6.07, 6.45) is 9.83. The van der Waals surface area contributed by atoms with Crippen LogP contribution >= 0.6 is 0 Å². The molecular formula is C20H31N7O. The Kier molecular flexibility index (Phi) is 5.19. The van der Waals surface area contributed by atoms with E-state index < -0.39 is 0 Å². The fourth-order valence-electron chi connectivity index (χ4n) is 5.50. The molecule has 1 aromatic heterocycles. The molecule has 28 heavy (non-hydrogen) atoms. The maximum atomic E-state index is 13.4. The number of nitrogens with zero attached hydrogens (tertiary/aromatic N) is 2. The molecule has 1 saturated carbocycles. The van der Waals surface area contributed by atoms with Crippen molar-refractivity contribution in [1.82, 2.24) is 31.6 Å². The minimum absolute atomic E-state index is 0.0669. The van der Waals surface area contributed by atoms with Gasteiger partial charge in [-0.3, -0.25) is 15.6 Å². The Balaban J connectivity index is 1.21. The number of aromatic nitrogens is 1. The molecule has 1 aliphatic carbocycles. The number of fused-ring (bicyclic) bond motifs is 1. The summed E-state index contributed by atoms with van der Waals surface area (Å²) in [5, 5.41) is 3.42. The van der Waals surface area contributed by atoms with E-state index in [4.69, 9.17) is 0 Å². The van der Waals surface area contributed by atoms with Crippen LogP contribution in [0.15, 0.2) is 24.4 Å². The van der Waals surface area contributed by atoms with Gasteiger partial charge in [-0.05, 0) is 37.8 Å². The van der Waals surface area contributed by atoms with Crippen LogP contribution in [0.5, 0.6) is 0 Å². The summed E-state index contributed by atoms with van der Waals surface area (Å²) in [4.78, 5) is 19.9. The molecule has 6 atom stereocenters. The highest BCUT2D eigenvalue weighted by molar-refractivity contribution is 5.83. The Morgan fingerprint density at radius 3 is 2.82 bits per heavy atom. The molecule has 1 amide bonds. The van der Waals surface area contributed by atoms with Gasteiger partial charge in [-0.15, -0.1) is 0 Å². The van der Waals surface area contributed by atoms with Crippen LogP contribution in [0.4, 0.5) is 5.82 Å². The third kappa shape index (κ3) is 3.50. The van der Waals surface area contributed by atoms with Crippen LogP contribution in [0.2, 0.25) is 0 Å². The molecule has 5 N–H and O–H groups in total. The van der Waals surface area contributed by atoms with Crippen molar-refractivity contribution >= 4 is 11.7 Å². The Morgan fingerprint density at radius 1 is 1.04 bits per heavy atom. The van der Waals surface area contributed by atoms with Crippen molar-refractivity contribution in [2.75, 3.05) is 11.9 Å². The molecule has 1 aromatic rings. The van der Waals surface area contributed by atoms with Crippen LogP contribution < -0.4 is 27.0 Å². The molecule has 4 aliphatic rings. The van der Waals surface area contributed by atoms with Crippen molar-refractivity contribution < 1.29 is 4.79 Å². The van der Waals surface area contributed by atoms with E-state index in [1.54, 1.807) is 6.20 Å². The predicted molar refractivity (Wildman–Crippen MR) is 107 cm³/mol. The Hall–Kier alpha value is -1.74. The van der Waals surface area contributed by atoms with Crippen LogP contribution in [0.3, 0.4) is 0 Å². The number of hydrogen-bond acceptors (Lipinski definition) is 7. The molecule has 8 nitrogen and oxygen atoms in total.